The van der Waals surface area contributed by atoms with E-state index in [0.29, 0.717) is 5.88 Å². The van der Waals surface area contributed by atoms with E-state index in [-0.39, 0.29) is 11.7 Å². The molecule has 0 N–H and O–H groups in total. The Balaban J connectivity index is 1.32. The van der Waals surface area contributed by atoms with Crippen molar-refractivity contribution in [1.29, 1.82) is 0 Å². The molecule has 4 rings (SSSR count). The van der Waals surface area contributed by atoms with Crippen LogP contribution < -0.4 is 4.74 Å². The Labute approximate surface area is 136 Å². The van der Waals surface area contributed by atoms with Crippen LogP contribution in [0.4, 0.5) is 0 Å². The summed E-state index contributed by atoms with van der Waals surface area (Å²) < 4.78 is 12.0. The Morgan fingerprint density at radius 1 is 1.22 bits per heavy atom. The summed E-state index contributed by atoms with van der Waals surface area (Å²) in [4.78, 5) is 10.7. The molecule has 2 aliphatic heterocycles. The van der Waals surface area contributed by atoms with Crippen molar-refractivity contribution < 1.29 is 9.47 Å². The van der Waals surface area contributed by atoms with Gasteiger partial charge in [0.1, 0.15) is 6.10 Å². The van der Waals surface area contributed by atoms with Crippen molar-refractivity contribution in [2.75, 3.05) is 19.7 Å². The standard InChI is InChI=1S/C18H21N3O2/c1-2-4-15(5-3-1)12-21-13-18(14-21)10-16(6-9-22-18)23-17-11-19-7-8-20-17/h1-5,7-8,11,16H,6,9-10,12-14H2/t16-/m1/s1. The summed E-state index contributed by atoms with van der Waals surface area (Å²) in [6.45, 7) is 3.69. The molecule has 1 aromatic carbocycles. The zero-order valence-electron chi connectivity index (χ0n) is 13.1. The summed E-state index contributed by atoms with van der Waals surface area (Å²) >= 11 is 0. The monoisotopic (exact) mass is 311 g/mol. The van der Waals surface area contributed by atoms with Crippen LogP contribution >= 0.6 is 0 Å². The maximum Gasteiger partial charge on any atom is 0.232 e. The maximum absolute atomic E-state index is 6.08. The molecular formula is C18H21N3O2. The van der Waals surface area contributed by atoms with Gasteiger partial charge in [0.2, 0.25) is 5.88 Å². The molecule has 5 heteroatoms. The zero-order chi connectivity index (χ0) is 15.5. The predicted molar refractivity (Wildman–Crippen MR) is 86.1 cm³/mol. The first-order valence-corrected chi connectivity index (χ1v) is 8.14. The van der Waals surface area contributed by atoms with E-state index in [2.05, 4.69) is 45.2 Å². The van der Waals surface area contributed by atoms with E-state index < -0.39 is 0 Å². The van der Waals surface area contributed by atoms with E-state index >= 15 is 0 Å². The number of hydrogen-bond donors (Lipinski definition) is 0. The van der Waals surface area contributed by atoms with Gasteiger partial charge in [0.15, 0.2) is 0 Å². The summed E-state index contributed by atoms with van der Waals surface area (Å²) in [5.74, 6) is 0.606. The highest BCUT2D eigenvalue weighted by atomic mass is 16.5. The molecule has 1 aromatic heterocycles. The molecule has 0 saturated carbocycles. The largest absolute Gasteiger partial charge is 0.473 e. The lowest BCUT2D eigenvalue weighted by atomic mass is 9.84. The highest BCUT2D eigenvalue weighted by Crippen LogP contribution is 2.36. The smallest absolute Gasteiger partial charge is 0.232 e. The summed E-state index contributed by atoms with van der Waals surface area (Å²) in [5, 5.41) is 0. The molecule has 0 radical (unpaired) electrons. The molecule has 0 aliphatic carbocycles. The van der Waals surface area contributed by atoms with Gasteiger partial charge in [0.05, 0.1) is 18.4 Å². The number of rotatable bonds is 4. The Kier molecular flexibility index (Phi) is 3.97. The number of nitrogens with zero attached hydrogens (tertiary/aromatic N) is 3. The lowest BCUT2D eigenvalue weighted by Gasteiger charge is -2.53. The van der Waals surface area contributed by atoms with Gasteiger partial charge in [-0.05, 0) is 5.56 Å². The number of likely N-dealkylation sites (tertiary alicyclic amines) is 1. The van der Waals surface area contributed by atoms with Crippen molar-refractivity contribution in [1.82, 2.24) is 14.9 Å². The first-order valence-electron chi connectivity index (χ1n) is 8.14. The molecule has 1 atom stereocenters. The van der Waals surface area contributed by atoms with Gasteiger partial charge in [-0.3, -0.25) is 9.88 Å². The van der Waals surface area contributed by atoms with Crippen LogP contribution in [-0.4, -0.2) is 46.3 Å². The van der Waals surface area contributed by atoms with Crippen molar-refractivity contribution in [2.24, 2.45) is 0 Å². The average molecular weight is 311 g/mol. The molecule has 2 aromatic rings. The van der Waals surface area contributed by atoms with Crippen LogP contribution in [0.3, 0.4) is 0 Å². The van der Waals surface area contributed by atoms with Gasteiger partial charge in [-0.15, -0.1) is 0 Å². The van der Waals surface area contributed by atoms with Crippen LogP contribution in [0.2, 0.25) is 0 Å². The number of benzene rings is 1. The Bertz CT molecular complexity index is 629. The summed E-state index contributed by atoms with van der Waals surface area (Å²) in [6.07, 6.45) is 7.00. The fourth-order valence-corrected chi connectivity index (χ4v) is 3.54. The van der Waals surface area contributed by atoms with E-state index in [1.807, 2.05) is 0 Å². The van der Waals surface area contributed by atoms with Crippen LogP contribution in [0.5, 0.6) is 5.88 Å². The molecule has 23 heavy (non-hydrogen) atoms. The predicted octanol–water partition coefficient (Wildman–Crippen LogP) is 2.29. The molecule has 2 fully saturated rings. The van der Waals surface area contributed by atoms with Crippen molar-refractivity contribution in [2.45, 2.75) is 31.1 Å². The van der Waals surface area contributed by atoms with Crippen LogP contribution in [-0.2, 0) is 11.3 Å². The zero-order valence-corrected chi connectivity index (χ0v) is 13.1. The van der Waals surface area contributed by atoms with Crippen molar-refractivity contribution in [3.05, 3.63) is 54.5 Å². The normalized spacial score (nSPS) is 23.4. The Morgan fingerprint density at radius 3 is 2.87 bits per heavy atom. The van der Waals surface area contributed by atoms with E-state index in [0.717, 1.165) is 39.1 Å². The number of ether oxygens (including phenoxy) is 2. The fraction of sp³-hybridized carbons (Fsp3) is 0.444. The fourth-order valence-electron chi connectivity index (χ4n) is 3.54. The van der Waals surface area contributed by atoms with Crippen LogP contribution in [0.15, 0.2) is 48.9 Å². The van der Waals surface area contributed by atoms with E-state index in [4.69, 9.17) is 9.47 Å². The van der Waals surface area contributed by atoms with Crippen molar-refractivity contribution in [3.8, 4) is 5.88 Å². The quantitative estimate of drug-likeness (QED) is 0.867. The van der Waals surface area contributed by atoms with Crippen molar-refractivity contribution >= 4 is 0 Å². The molecule has 120 valence electrons. The second kappa shape index (κ2) is 6.26. The molecule has 0 unspecified atom stereocenters. The maximum atomic E-state index is 6.08. The first kappa shape index (κ1) is 14.6. The molecule has 3 heterocycles. The van der Waals surface area contributed by atoms with Gasteiger partial charge in [-0.1, -0.05) is 30.3 Å². The average Bonchev–Trinajstić information content (AvgIpc) is 2.56. The second-order valence-corrected chi connectivity index (χ2v) is 6.44. The van der Waals surface area contributed by atoms with Crippen LogP contribution in [0.25, 0.3) is 0 Å². The SMILES string of the molecule is c1ccc(CN2CC3(C[C@H](Oc4cnccn4)CCO3)C2)cc1. The third-order valence-corrected chi connectivity index (χ3v) is 4.55. The number of hydrogen-bond acceptors (Lipinski definition) is 5. The van der Waals surface area contributed by atoms with E-state index in [1.165, 1.54) is 5.56 Å². The summed E-state index contributed by atoms with van der Waals surface area (Å²) in [6, 6.07) is 10.6. The topological polar surface area (TPSA) is 47.5 Å². The molecule has 1 spiro atoms. The lowest BCUT2D eigenvalue weighted by Crippen LogP contribution is -2.65. The molecule has 2 saturated heterocycles. The van der Waals surface area contributed by atoms with Gasteiger partial charge in [-0.25, -0.2) is 4.98 Å². The highest BCUT2D eigenvalue weighted by Gasteiger charge is 2.48. The molecule has 0 bridgehead atoms. The van der Waals surface area contributed by atoms with Gasteiger partial charge >= 0.3 is 0 Å². The van der Waals surface area contributed by atoms with E-state index in [1.54, 1.807) is 18.6 Å². The molecule has 5 nitrogen and oxygen atoms in total. The Morgan fingerprint density at radius 2 is 2.09 bits per heavy atom. The van der Waals surface area contributed by atoms with Crippen LogP contribution in [0.1, 0.15) is 18.4 Å². The first-order chi connectivity index (χ1) is 11.3. The van der Waals surface area contributed by atoms with Gasteiger partial charge in [-0.2, -0.15) is 0 Å². The van der Waals surface area contributed by atoms with Gasteiger partial charge in [0.25, 0.3) is 0 Å². The van der Waals surface area contributed by atoms with Crippen LogP contribution in [0, 0.1) is 0 Å². The minimum atomic E-state index is -0.0418. The number of aromatic nitrogens is 2. The summed E-state index contributed by atoms with van der Waals surface area (Å²) in [7, 11) is 0. The van der Waals surface area contributed by atoms with E-state index in [9.17, 15) is 0 Å². The third kappa shape index (κ3) is 3.35. The minimum Gasteiger partial charge on any atom is -0.473 e. The molecular weight excluding hydrogens is 290 g/mol. The van der Waals surface area contributed by atoms with Gasteiger partial charge < -0.3 is 9.47 Å². The van der Waals surface area contributed by atoms with Crippen molar-refractivity contribution in [3.63, 3.8) is 0 Å². The molecule has 2 aliphatic rings. The minimum absolute atomic E-state index is 0.0418. The van der Waals surface area contributed by atoms with Gasteiger partial charge in [0, 0.05) is 44.9 Å². The summed E-state index contributed by atoms with van der Waals surface area (Å²) in [5.41, 5.74) is 1.31. The third-order valence-electron chi connectivity index (χ3n) is 4.55. The molecule has 0 amide bonds. The Hall–Kier alpha value is -1.98. The second-order valence-electron chi connectivity index (χ2n) is 6.44. The lowest BCUT2D eigenvalue weighted by molar-refractivity contribution is -0.188. The highest BCUT2D eigenvalue weighted by molar-refractivity contribution is 5.16.